The molecule has 1 aliphatic rings. The van der Waals surface area contributed by atoms with E-state index in [-0.39, 0.29) is 18.5 Å². The highest BCUT2D eigenvalue weighted by atomic mass is 16.7. The van der Waals surface area contributed by atoms with E-state index in [2.05, 4.69) is 43.5 Å². The van der Waals surface area contributed by atoms with Gasteiger partial charge in [0.15, 0.2) is 6.29 Å². The fourth-order valence-corrected chi connectivity index (χ4v) is 13.1. The number of hydrogen-bond donors (Lipinski definition) is 6. The molecule has 0 spiro atoms. The van der Waals surface area contributed by atoms with Crippen LogP contribution >= 0.6 is 0 Å². The van der Waals surface area contributed by atoms with Crippen molar-refractivity contribution in [3.63, 3.8) is 0 Å². The standard InChI is InChI=1S/C82H155NO10/c1-3-5-7-9-11-13-15-17-46-50-54-58-62-66-70-78(87)91-71-67-63-59-55-51-47-44-42-40-38-36-34-32-30-28-26-24-22-20-18-19-21-23-25-27-29-31-33-35-37-39-41-43-45-49-53-57-61-65-69-77(86)83-74(73-92-82-81(90)80(89)79(88)76(72-84)93-82)75(85)68-64-60-56-52-48-16-14-12-10-8-6-4-2/h18-19,48,52,64,68,74-76,79-82,84-85,88-90H,3-17,20-47,49-51,53-63,65-67,69-73H2,1-2H3,(H,83,86)/b19-18-,52-48+,68-64+. The highest BCUT2D eigenvalue weighted by Gasteiger charge is 2.44. The molecule has 0 aliphatic carbocycles. The van der Waals surface area contributed by atoms with Crippen molar-refractivity contribution in [2.24, 2.45) is 0 Å². The lowest BCUT2D eigenvalue weighted by Gasteiger charge is -2.40. The molecule has 0 bridgehead atoms. The van der Waals surface area contributed by atoms with Crippen molar-refractivity contribution in [3.8, 4) is 0 Å². The van der Waals surface area contributed by atoms with E-state index >= 15 is 0 Å². The van der Waals surface area contributed by atoms with Crippen molar-refractivity contribution in [2.45, 2.75) is 455 Å². The Morgan fingerprint density at radius 3 is 1.06 bits per heavy atom. The van der Waals surface area contributed by atoms with Crippen molar-refractivity contribution in [2.75, 3.05) is 19.8 Å². The van der Waals surface area contributed by atoms with Gasteiger partial charge in [0.2, 0.25) is 5.91 Å². The highest BCUT2D eigenvalue weighted by Crippen LogP contribution is 2.24. The Morgan fingerprint density at radius 1 is 0.387 bits per heavy atom. The first-order chi connectivity index (χ1) is 45.7. The average molecular weight is 1320 g/mol. The van der Waals surface area contributed by atoms with Gasteiger partial charge in [0.25, 0.3) is 0 Å². The summed E-state index contributed by atoms with van der Waals surface area (Å²) in [6, 6.07) is -0.824. The molecule has 0 radical (unpaired) electrons. The summed E-state index contributed by atoms with van der Waals surface area (Å²) in [7, 11) is 0. The molecule has 93 heavy (non-hydrogen) atoms. The number of nitrogens with one attached hydrogen (secondary N) is 1. The van der Waals surface area contributed by atoms with Crippen LogP contribution < -0.4 is 5.32 Å². The maximum absolute atomic E-state index is 13.1. The third-order valence-corrected chi connectivity index (χ3v) is 19.5. The number of carbonyl (C=O) groups is 2. The number of carbonyl (C=O) groups excluding carboxylic acids is 2. The van der Waals surface area contributed by atoms with Crippen LogP contribution in [-0.4, -0.2) is 100 Å². The van der Waals surface area contributed by atoms with Gasteiger partial charge in [0, 0.05) is 12.8 Å². The summed E-state index contributed by atoms with van der Waals surface area (Å²) in [6.07, 6.45) is 83.4. The largest absolute Gasteiger partial charge is 0.466 e. The van der Waals surface area contributed by atoms with Crippen LogP contribution in [-0.2, 0) is 23.8 Å². The number of aliphatic hydroxyl groups is 5. The van der Waals surface area contributed by atoms with Gasteiger partial charge in [-0.2, -0.15) is 0 Å². The second-order valence-electron chi connectivity index (χ2n) is 28.5. The van der Waals surface area contributed by atoms with Gasteiger partial charge in [0.05, 0.1) is 32.0 Å². The molecule has 1 amide bonds. The molecule has 1 rings (SSSR count). The van der Waals surface area contributed by atoms with Crippen LogP contribution in [0.1, 0.15) is 412 Å². The van der Waals surface area contributed by atoms with Crippen molar-refractivity contribution in [1.82, 2.24) is 5.32 Å². The van der Waals surface area contributed by atoms with Gasteiger partial charge in [0.1, 0.15) is 24.4 Å². The quantitative estimate of drug-likeness (QED) is 0.0195. The molecule has 7 unspecified atom stereocenters. The van der Waals surface area contributed by atoms with Crippen LogP contribution in [0, 0.1) is 0 Å². The molecule has 0 aromatic carbocycles. The summed E-state index contributed by atoms with van der Waals surface area (Å²) in [6.45, 7) is 4.37. The number of esters is 1. The topological polar surface area (TPSA) is 175 Å². The number of ether oxygens (including phenoxy) is 3. The third kappa shape index (κ3) is 59.6. The molecule has 11 nitrogen and oxygen atoms in total. The number of allylic oxidation sites excluding steroid dienone is 5. The Morgan fingerprint density at radius 2 is 0.699 bits per heavy atom. The molecule has 6 N–H and O–H groups in total. The minimum Gasteiger partial charge on any atom is -0.466 e. The van der Waals surface area contributed by atoms with Crippen LogP contribution in [0.5, 0.6) is 0 Å². The second kappa shape index (κ2) is 71.2. The molecule has 0 aromatic heterocycles. The van der Waals surface area contributed by atoms with Crippen LogP contribution in [0.4, 0.5) is 0 Å². The smallest absolute Gasteiger partial charge is 0.305 e. The molecule has 548 valence electrons. The van der Waals surface area contributed by atoms with Crippen molar-refractivity contribution in [1.29, 1.82) is 0 Å². The van der Waals surface area contributed by atoms with Crippen LogP contribution in [0.15, 0.2) is 36.5 Å². The molecule has 1 fully saturated rings. The second-order valence-corrected chi connectivity index (χ2v) is 28.5. The first kappa shape index (κ1) is 88.9. The number of aliphatic hydroxyl groups excluding tert-OH is 5. The van der Waals surface area contributed by atoms with Gasteiger partial charge in [-0.25, -0.2) is 0 Å². The lowest BCUT2D eigenvalue weighted by Crippen LogP contribution is -2.60. The van der Waals surface area contributed by atoms with Crippen molar-refractivity contribution in [3.05, 3.63) is 36.5 Å². The number of unbranched alkanes of at least 4 members (excludes halogenated alkanes) is 55. The lowest BCUT2D eigenvalue weighted by molar-refractivity contribution is -0.302. The molecule has 0 aromatic rings. The summed E-state index contributed by atoms with van der Waals surface area (Å²) in [4.78, 5) is 25.2. The number of rotatable bonds is 73. The van der Waals surface area contributed by atoms with Gasteiger partial charge < -0.3 is 45.1 Å². The third-order valence-electron chi connectivity index (χ3n) is 19.5. The van der Waals surface area contributed by atoms with E-state index in [1.54, 1.807) is 6.08 Å². The summed E-state index contributed by atoms with van der Waals surface area (Å²) in [5.74, 6) is -0.167. The SMILES string of the molecule is CCCCCCCC/C=C/CC/C=C/C(O)C(COC1OC(CO)C(O)C(O)C1O)NC(=O)CCCCCCCCCCCCCCCCCCC/C=C\CCCCCCCCCCCCCCCCCCCCOC(=O)CCCCCCCCCCCCCCCC. The summed E-state index contributed by atoms with van der Waals surface area (Å²) >= 11 is 0. The van der Waals surface area contributed by atoms with Gasteiger partial charge in [-0.1, -0.05) is 365 Å². The van der Waals surface area contributed by atoms with E-state index in [9.17, 15) is 35.1 Å². The predicted molar refractivity (Wildman–Crippen MR) is 394 cm³/mol. The molecule has 1 aliphatic heterocycles. The number of amides is 1. The van der Waals surface area contributed by atoms with Crippen LogP contribution in [0.2, 0.25) is 0 Å². The predicted octanol–water partition coefficient (Wildman–Crippen LogP) is 22.1. The minimum absolute atomic E-state index is 0.0196. The summed E-state index contributed by atoms with van der Waals surface area (Å²) in [5, 5.41) is 54.5. The first-order valence-electron chi connectivity index (χ1n) is 40.8. The molecule has 7 atom stereocenters. The zero-order chi connectivity index (χ0) is 67.2. The number of hydrogen-bond acceptors (Lipinski definition) is 10. The lowest BCUT2D eigenvalue weighted by atomic mass is 9.99. The van der Waals surface area contributed by atoms with Gasteiger partial charge in [-0.05, 0) is 70.6 Å². The normalized spacial score (nSPS) is 17.6. The molecular weight excluding hydrogens is 1160 g/mol. The van der Waals surface area contributed by atoms with E-state index in [0.29, 0.717) is 19.4 Å². The Kier molecular flexibility index (Phi) is 68.0. The van der Waals surface area contributed by atoms with Crippen LogP contribution in [0.3, 0.4) is 0 Å². The zero-order valence-electron chi connectivity index (χ0n) is 61.2. The Hall–Kier alpha value is -2.12. The fraction of sp³-hybridized carbons (Fsp3) is 0.902. The molecule has 1 heterocycles. The van der Waals surface area contributed by atoms with Gasteiger partial charge >= 0.3 is 5.97 Å². The molecular formula is C82H155NO10. The van der Waals surface area contributed by atoms with E-state index in [1.807, 2.05) is 6.08 Å². The Bertz CT molecular complexity index is 1640. The Balaban J connectivity index is 1.88. The summed E-state index contributed by atoms with van der Waals surface area (Å²) in [5.41, 5.74) is 0. The molecule has 11 heteroatoms. The van der Waals surface area contributed by atoms with Crippen molar-refractivity contribution >= 4 is 11.9 Å². The molecule has 0 saturated carbocycles. The minimum atomic E-state index is -1.57. The van der Waals surface area contributed by atoms with Crippen LogP contribution in [0.25, 0.3) is 0 Å². The summed E-state index contributed by atoms with van der Waals surface area (Å²) < 4.78 is 16.8. The maximum atomic E-state index is 13.1. The van der Waals surface area contributed by atoms with Gasteiger partial charge in [-0.3, -0.25) is 9.59 Å². The van der Waals surface area contributed by atoms with E-state index < -0.39 is 49.5 Å². The first-order valence-corrected chi connectivity index (χ1v) is 40.8. The average Bonchev–Trinajstić information content (AvgIpc) is 2.25. The molecule has 1 saturated heterocycles. The fourth-order valence-electron chi connectivity index (χ4n) is 13.1. The van der Waals surface area contributed by atoms with E-state index in [4.69, 9.17) is 14.2 Å². The monoisotopic (exact) mass is 1310 g/mol. The maximum Gasteiger partial charge on any atom is 0.305 e. The van der Waals surface area contributed by atoms with E-state index in [1.165, 1.54) is 334 Å². The highest BCUT2D eigenvalue weighted by molar-refractivity contribution is 5.76. The van der Waals surface area contributed by atoms with E-state index in [0.717, 1.165) is 51.4 Å². The van der Waals surface area contributed by atoms with Gasteiger partial charge in [-0.15, -0.1) is 0 Å². The Labute approximate surface area is 574 Å². The zero-order valence-corrected chi connectivity index (χ0v) is 61.2. The van der Waals surface area contributed by atoms with Crippen molar-refractivity contribution < 1.29 is 49.3 Å².